The first-order valence-electron chi connectivity index (χ1n) is 4.99. The van der Waals surface area contributed by atoms with Gasteiger partial charge in [-0.2, -0.15) is 0 Å². The van der Waals surface area contributed by atoms with Crippen LogP contribution in [0.5, 0.6) is 0 Å². The molecule has 1 N–H and O–H groups in total. The third-order valence-corrected chi connectivity index (χ3v) is 2.53. The molecule has 0 aliphatic carbocycles. The lowest BCUT2D eigenvalue weighted by atomic mass is 9.86. The van der Waals surface area contributed by atoms with E-state index in [-0.39, 0.29) is 12.0 Å². The van der Waals surface area contributed by atoms with E-state index in [4.69, 9.17) is 5.11 Å². The zero-order valence-corrected chi connectivity index (χ0v) is 8.92. The van der Waals surface area contributed by atoms with Gasteiger partial charge < -0.3 is 5.11 Å². The average Bonchev–Trinajstić information content (AvgIpc) is 2.26. The van der Waals surface area contributed by atoms with Crippen molar-refractivity contribution >= 4 is 5.97 Å². The van der Waals surface area contributed by atoms with Gasteiger partial charge in [0.25, 0.3) is 0 Å². The number of carboxylic acid groups (broad SMARTS) is 1. The number of rotatable bonds is 5. The van der Waals surface area contributed by atoms with Crippen LogP contribution in [0.4, 0.5) is 0 Å². The molecule has 0 aliphatic heterocycles. The molecule has 0 bridgehead atoms. The summed E-state index contributed by atoms with van der Waals surface area (Å²) < 4.78 is 0. The maximum atomic E-state index is 11.2. The quantitative estimate of drug-likeness (QED) is 0.611. The van der Waals surface area contributed by atoms with Crippen LogP contribution in [0.3, 0.4) is 0 Å². The summed E-state index contributed by atoms with van der Waals surface area (Å²) in [7, 11) is 0. The van der Waals surface area contributed by atoms with Gasteiger partial charge in [0.15, 0.2) is 0 Å². The lowest BCUT2D eigenvalue weighted by molar-refractivity contribution is -0.565. The predicted octanol–water partition coefficient (Wildman–Crippen LogP) is 2.04. The zero-order valence-electron chi connectivity index (χ0n) is 8.92. The van der Waals surface area contributed by atoms with Crippen molar-refractivity contribution in [2.24, 2.45) is 0 Å². The fourth-order valence-electron chi connectivity index (χ4n) is 1.73. The number of hydrogen-bond acceptors (Lipinski definition) is 3. The van der Waals surface area contributed by atoms with Crippen LogP contribution in [0.2, 0.25) is 0 Å². The van der Waals surface area contributed by atoms with Crippen molar-refractivity contribution in [1.82, 2.24) is 0 Å². The van der Waals surface area contributed by atoms with Crippen LogP contribution in [0, 0.1) is 10.1 Å². The van der Waals surface area contributed by atoms with Crippen LogP contribution < -0.4 is 0 Å². The Morgan fingerprint density at radius 2 is 2.00 bits per heavy atom. The minimum atomic E-state index is -2.02. The first kappa shape index (κ1) is 12.2. The highest BCUT2D eigenvalue weighted by Gasteiger charge is 2.52. The predicted molar refractivity (Wildman–Crippen MR) is 57.7 cm³/mol. The molecule has 0 aromatic heterocycles. The van der Waals surface area contributed by atoms with Crippen LogP contribution >= 0.6 is 0 Å². The van der Waals surface area contributed by atoms with Gasteiger partial charge in [-0.15, -0.1) is 0 Å². The minimum absolute atomic E-state index is 0.0145. The highest BCUT2D eigenvalue weighted by atomic mass is 16.6. The number of nitro groups is 1. The summed E-state index contributed by atoms with van der Waals surface area (Å²) in [5, 5.41) is 20.2. The van der Waals surface area contributed by atoms with Gasteiger partial charge in [-0.3, -0.25) is 10.1 Å². The van der Waals surface area contributed by atoms with Crippen LogP contribution in [0.15, 0.2) is 30.3 Å². The van der Waals surface area contributed by atoms with Gasteiger partial charge >= 0.3 is 11.5 Å². The maximum absolute atomic E-state index is 11.2. The molecule has 1 aromatic rings. The summed E-state index contributed by atoms with van der Waals surface area (Å²) in [4.78, 5) is 21.6. The standard InChI is InChI=1S/C11H13NO4/c1-2-8-11(10(13)14,12(15)16)9-6-4-3-5-7-9/h3-7H,2,8H2,1H3,(H,13,14). The molecule has 16 heavy (non-hydrogen) atoms. The van der Waals surface area contributed by atoms with Gasteiger partial charge in [-0.25, -0.2) is 4.79 Å². The second-order valence-corrected chi connectivity index (χ2v) is 3.54. The Hall–Kier alpha value is -1.91. The van der Waals surface area contributed by atoms with E-state index < -0.39 is 16.4 Å². The van der Waals surface area contributed by atoms with E-state index in [2.05, 4.69) is 0 Å². The molecular weight excluding hydrogens is 210 g/mol. The third-order valence-electron chi connectivity index (χ3n) is 2.53. The molecular formula is C11H13NO4. The van der Waals surface area contributed by atoms with Gasteiger partial charge in [-0.05, 0) is 6.42 Å². The molecule has 0 heterocycles. The van der Waals surface area contributed by atoms with Gasteiger partial charge in [-0.1, -0.05) is 37.3 Å². The fourth-order valence-corrected chi connectivity index (χ4v) is 1.73. The Morgan fingerprint density at radius 1 is 1.44 bits per heavy atom. The van der Waals surface area contributed by atoms with Gasteiger partial charge in [0, 0.05) is 16.9 Å². The Labute approximate surface area is 92.9 Å². The zero-order chi connectivity index (χ0) is 12.2. The summed E-state index contributed by atoms with van der Waals surface area (Å²) >= 11 is 0. The molecule has 1 aromatic carbocycles. The summed E-state index contributed by atoms with van der Waals surface area (Å²) in [5.41, 5.74) is -1.80. The van der Waals surface area contributed by atoms with Gasteiger partial charge in [0.05, 0.1) is 0 Å². The van der Waals surface area contributed by atoms with Crippen LogP contribution in [0.1, 0.15) is 25.3 Å². The highest BCUT2D eigenvalue weighted by molar-refractivity contribution is 5.79. The molecule has 1 atom stereocenters. The molecule has 0 aliphatic rings. The first-order chi connectivity index (χ1) is 7.55. The third kappa shape index (κ3) is 1.88. The number of benzene rings is 1. The Balaban J connectivity index is 3.33. The lowest BCUT2D eigenvalue weighted by Crippen LogP contribution is -2.43. The normalized spacial score (nSPS) is 14.1. The second-order valence-electron chi connectivity index (χ2n) is 3.54. The molecule has 0 saturated carbocycles. The molecule has 0 saturated heterocycles. The van der Waals surface area contributed by atoms with E-state index in [0.717, 1.165) is 0 Å². The van der Waals surface area contributed by atoms with Gasteiger partial charge in [0.1, 0.15) is 0 Å². The molecule has 0 spiro atoms. The molecule has 86 valence electrons. The van der Waals surface area contributed by atoms with E-state index in [1.54, 1.807) is 25.1 Å². The fraction of sp³-hybridized carbons (Fsp3) is 0.364. The topological polar surface area (TPSA) is 80.4 Å². The van der Waals surface area contributed by atoms with E-state index >= 15 is 0 Å². The minimum Gasteiger partial charge on any atom is -0.476 e. The summed E-state index contributed by atoms with van der Waals surface area (Å²) in [6.45, 7) is 1.73. The summed E-state index contributed by atoms with van der Waals surface area (Å²) in [5.74, 6) is -1.41. The average molecular weight is 223 g/mol. The van der Waals surface area contributed by atoms with Crippen molar-refractivity contribution in [2.75, 3.05) is 0 Å². The van der Waals surface area contributed by atoms with Crippen LogP contribution in [-0.4, -0.2) is 16.0 Å². The lowest BCUT2D eigenvalue weighted by Gasteiger charge is -2.20. The van der Waals surface area contributed by atoms with E-state index in [1.165, 1.54) is 12.1 Å². The number of carboxylic acids is 1. The molecule has 0 fully saturated rings. The molecule has 1 unspecified atom stereocenters. The number of aliphatic carboxylic acids is 1. The van der Waals surface area contributed by atoms with Crippen molar-refractivity contribution in [3.63, 3.8) is 0 Å². The Morgan fingerprint density at radius 3 is 2.38 bits per heavy atom. The number of nitrogens with zero attached hydrogens (tertiary/aromatic N) is 1. The smallest absolute Gasteiger partial charge is 0.387 e. The highest BCUT2D eigenvalue weighted by Crippen LogP contribution is 2.30. The van der Waals surface area contributed by atoms with E-state index in [1.807, 2.05) is 0 Å². The van der Waals surface area contributed by atoms with Gasteiger partial charge in [0.2, 0.25) is 0 Å². The van der Waals surface area contributed by atoms with Crippen LogP contribution in [-0.2, 0) is 10.3 Å². The van der Waals surface area contributed by atoms with Crippen molar-refractivity contribution in [3.8, 4) is 0 Å². The maximum Gasteiger partial charge on any atom is 0.387 e. The first-order valence-corrected chi connectivity index (χ1v) is 4.99. The SMILES string of the molecule is CCCC(C(=O)O)(c1ccccc1)[N+](=O)[O-]. The Bertz CT molecular complexity index is 374. The molecule has 5 heteroatoms. The van der Waals surface area contributed by atoms with Crippen molar-refractivity contribution in [1.29, 1.82) is 0 Å². The molecule has 0 amide bonds. The van der Waals surface area contributed by atoms with Crippen molar-refractivity contribution < 1.29 is 14.8 Å². The second kappa shape index (κ2) is 4.74. The largest absolute Gasteiger partial charge is 0.476 e. The number of carbonyl (C=O) groups is 1. The van der Waals surface area contributed by atoms with Crippen LogP contribution in [0.25, 0.3) is 0 Å². The monoisotopic (exact) mass is 223 g/mol. The molecule has 5 nitrogen and oxygen atoms in total. The summed E-state index contributed by atoms with van der Waals surface area (Å²) in [6.07, 6.45) is 0.418. The molecule has 0 radical (unpaired) electrons. The van der Waals surface area contributed by atoms with E-state index in [9.17, 15) is 14.9 Å². The summed E-state index contributed by atoms with van der Waals surface area (Å²) in [6, 6.07) is 7.86. The Kier molecular flexibility index (Phi) is 3.60. The van der Waals surface area contributed by atoms with Crippen molar-refractivity contribution in [2.45, 2.75) is 25.3 Å². The van der Waals surface area contributed by atoms with Crippen molar-refractivity contribution in [3.05, 3.63) is 46.0 Å². The van der Waals surface area contributed by atoms with E-state index in [0.29, 0.717) is 6.42 Å². The number of hydrogen-bond donors (Lipinski definition) is 1. The molecule has 1 rings (SSSR count).